The highest BCUT2D eigenvalue weighted by molar-refractivity contribution is 5.76. The molecule has 0 spiro atoms. The summed E-state index contributed by atoms with van der Waals surface area (Å²) in [4.78, 5) is 17.9. The molecule has 1 saturated heterocycles. The molecule has 2 aromatic rings. The van der Waals surface area contributed by atoms with Crippen molar-refractivity contribution in [3.8, 4) is 5.75 Å². The lowest BCUT2D eigenvalue weighted by Crippen LogP contribution is -2.74. The molecular weight excluding hydrogens is 460 g/mol. The molecule has 1 aliphatic heterocycles. The molecule has 2 N–H and O–H groups in total. The minimum Gasteiger partial charge on any atom is -0.508 e. The lowest BCUT2D eigenvalue weighted by atomic mass is 9.48. The van der Waals surface area contributed by atoms with Crippen LogP contribution in [0.25, 0.3) is 0 Å². The van der Waals surface area contributed by atoms with Crippen LogP contribution in [0.15, 0.2) is 36.4 Å². The number of aromatic hydroxyl groups is 1. The summed E-state index contributed by atoms with van der Waals surface area (Å²) in [5.41, 5.74) is 4.91. The van der Waals surface area contributed by atoms with E-state index in [9.17, 15) is 15.0 Å². The third-order valence-electron chi connectivity index (χ3n) is 10.4. The zero-order valence-corrected chi connectivity index (χ0v) is 22.7. The largest absolute Gasteiger partial charge is 0.508 e. The lowest BCUT2D eigenvalue weighted by molar-refractivity contribution is -0.178. The fraction of sp³-hybridized carbons (Fsp3) is 0.594. The number of carbonyl (C=O) groups excluding carboxylic acids is 1. The molecule has 37 heavy (non-hydrogen) atoms. The Balaban J connectivity index is 1.25. The van der Waals surface area contributed by atoms with Crippen molar-refractivity contribution < 1.29 is 15.0 Å². The smallest absolute Gasteiger partial charge is 0.222 e. The topological polar surface area (TPSA) is 64.0 Å². The number of amides is 1. The number of nitrogens with zero attached hydrogens (tertiary/aromatic N) is 2. The molecule has 5 nitrogen and oxygen atoms in total. The number of benzene rings is 2. The second-order valence-electron chi connectivity index (χ2n) is 12.6. The fourth-order valence-corrected chi connectivity index (χ4v) is 7.85. The van der Waals surface area contributed by atoms with Gasteiger partial charge in [0.05, 0.1) is 5.60 Å². The van der Waals surface area contributed by atoms with Gasteiger partial charge in [-0.2, -0.15) is 0 Å². The molecule has 1 amide bonds. The highest BCUT2D eigenvalue weighted by atomic mass is 16.3. The molecule has 3 fully saturated rings. The Bertz CT molecular complexity index is 1210. The molecule has 6 rings (SSSR count). The van der Waals surface area contributed by atoms with Gasteiger partial charge in [-0.1, -0.05) is 24.3 Å². The number of phenols is 1. The third kappa shape index (κ3) is 4.19. The van der Waals surface area contributed by atoms with Crippen LogP contribution in [-0.4, -0.2) is 63.7 Å². The molecule has 0 aromatic heterocycles. The number of hydrogen-bond donors (Lipinski definition) is 2. The van der Waals surface area contributed by atoms with Crippen molar-refractivity contribution in [2.24, 2.45) is 5.92 Å². The number of piperidine rings is 1. The highest BCUT2D eigenvalue weighted by Crippen LogP contribution is 2.59. The molecule has 2 saturated carbocycles. The van der Waals surface area contributed by atoms with Gasteiger partial charge in [0, 0.05) is 37.5 Å². The molecule has 0 radical (unpaired) electrons. The summed E-state index contributed by atoms with van der Waals surface area (Å²) in [7, 11) is 1.96. The Hall–Kier alpha value is -2.37. The lowest BCUT2D eigenvalue weighted by Gasteiger charge is -2.65. The van der Waals surface area contributed by atoms with Crippen molar-refractivity contribution in [3.63, 3.8) is 0 Å². The first-order chi connectivity index (χ1) is 17.7. The third-order valence-corrected chi connectivity index (χ3v) is 10.4. The summed E-state index contributed by atoms with van der Waals surface area (Å²) in [6.45, 7) is 6.32. The molecule has 3 aliphatic carbocycles. The van der Waals surface area contributed by atoms with E-state index >= 15 is 0 Å². The second-order valence-corrected chi connectivity index (χ2v) is 12.6. The summed E-state index contributed by atoms with van der Waals surface area (Å²) >= 11 is 0. The molecule has 2 aromatic carbocycles. The minimum atomic E-state index is -0.819. The van der Waals surface area contributed by atoms with E-state index in [4.69, 9.17) is 0 Å². The Morgan fingerprint density at radius 3 is 2.65 bits per heavy atom. The van der Waals surface area contributed by atoms with E-state index in [1.165, 1.54) is 35.1 Å². The highest BCUT2D eigenvalue weighted by Gasteiger charge is 2.65. The Morgan fingerprint density at radius 2 is 1.89 bits per heavy atom. The van der Waals surface area contributed by atoms with Gasteiger partial charge in [0.2, 0.25) is 5.91 Å². The van der Waals surface area contributed by atoms with E-state index in [1.807, 2.05) is 18.0 Å². The zero-order valence-electron chi connectivity index (χ0n) is 22.7. The average molecular weight is 503 g/mol. The van der Waals surface area contributed by atoms with Crippen molar-refractivity contribution >= 4 is 5.91 Å². The van der Waals surface area contributed by atoms with Crippen molar-refractivity contribution in [1.82, 2.24) is 9.80 Å². The molecule has 1 unspecified atom stereocenters. The summed E-state index contributed by atoms with van der Waals surface area (Å²) in [6, 6.07) is 12.5. The van der Waals surface area contributed by atoms with Crippen LogP contribution < -0.4 is 0 Å². The molecule has 2 bridgehead atoms. The van der Waals surface area contributed by atoms with Gasteiger partial charge >= 0.3 is 0 Å². The quantitative estimate of drug-likeness (QED) is 0.603. The number of rotatable bonds is 6. The molecular formula is C32H42N2O3. The molecule has 198 valence electrons. The standard InChI is InChI=1S/C32H42N2O3/c1-21-4-5-23(16-22(21)2)8-11-30(36)33(3)26-12-13-32(37)29-17-25-9-10-27(35)18-28(25)31(32,19-26)14-15-34(29)20-24-6-7-24/h4-5,9-10,16,18,24,26,29,35,37H,6-8,11-15,17,19-20H2,1-3H3/t26?,29-,31-,32-/m1/s1. The number of fused-ring (bicyclic) bond motifs is 1. The van der Waals surface area contributed by atoms with E-state index in [2.05, 4.69) is 43.0 Å². The molecule has 4 atom stereocenters. The monoisotopic (exact) mass is 502 g/mol. The molecule has 4 aliphatic rings. The first-order valence-electron chi connectivity index (χ1n) is 14.3. The van der Waals surface area contributed by atoms with E-state index in [0.717, 1.165) is 56.7 Å². The molecule has 5 heteroatoms. The maximum absolute atomic E-state index is 13.4. The Morgan fingerprint density at radius 1 is 1.08 bits per heavy atom. The van der Waals surface area contributed by atoms with Gasteiger partial charge < -0.3 is 15.1 Å². The van der Waals surface area contributed by atoms with Gasteiger partial charge in [0.1, 0.15) is 5.75 Å². The number of likely N-dealkylation sites (tertiary alicyclic amines) is 1. The predicted molar refractivity (Wildman–Crippen MR) is 146 cm³/mol. The van der Waals surface area contributed by atoms with E-state index in [-0.39, 0.29) is 23.7 Å². The van der Waals surface area contributed by atoms with Crippen LogP contribution >= 0.6 is 0 Å². The molecule has 1 heterocycles. The first-order valence-corrected chi connectivity index (χ1v) is 14.3. The van der Waals surface area contributed by atoms with Crippen LogP contribution in [0.5, 0.6) is 5.75 Å². The van der Waals surface area contributed by atoms with Gasteiger partial charge in [-0.15, -0.1) is 0 Å². The van der Waals surface area contributed by atoms with E-state index in [0.29, 0.717) is 12.8 Å². The van der Waals surface area contributed by atoms with Gasteiger partial charge in [-0.3, -0.25) is 9.69 Å². The van der Waals surface area contributed by atoms with Crippen LogP contribution in [0.4, 0.5) is 0 Å². The average Bonchev–Trinajstić information content (AvgIpc) is 3.70. The second kappa shape index (κ2) is 9.13. The maximum atomic E-state index is 13.4. The number of phenolic OH excluding ortho intramolecular Hbond substituents is 1. The number of hydrogen-bond acceptors (Lipinski definition) is 4. The van der Waals surface area contributed by atoms with Crippen LogP contribution in [0.3, 0.4) is 0 Å². The van der Waals surface area contributed by atoms with Gasteiger partial charge in [0.15, 0.2) is 0 Å². The van der Waals surface area contributed by atoms with Gasteiger partial charge in [0.25, 0.3) is 0 Å². The van der Waals surface area contributed by atoms with Crippen molar-refractivity contribution in [1.29, 1.82) is 0 Å². The normalized spacial score (nSPS) is 30.9. The van der Waals surface area contributed by atoms with Crippen LogP contribution in [-0.2, 0) is 23.1 Å². The summed E-state index contributed by atoms with van der Waals surface area (Å²) in [5.74, 6) is 1.24. The van der Waals surface area contributed by atoms with Crippen molar-refractivity contribution in [2.45, 2.75) is 94.7 Å². The maximum Gasteiger partial charge on any atom is 0.222 e. The van der Waals surface area contributed by atoms with Gasteiger partial charge in [-0.25, -0.2) is 0 Å². The van der Waals surface area contributed by atoms with Crippen molar-refractivity contribution in [2.75, 3.05) is 20.1 Å². The summed E-state index contributed by atoms with van der Waals surface area (Å²) in [6.07, 6.45) is 7.89. The van der Waals surface area contributed by atoms with Crippen LogP contribution in [0.1, 0.15) is 72.8 Å². The SMILES string of the molecule is Cc1ccc(CCC(=O)N(C)C2CC[C@@]3(O)[C@H]4Cc5ccc(O)cc5[C@@]3(CCN4CC3CC3)C2)cc1C. The predicted octanol–water partition coefficient (Wildman–Crippen LogP) is 4.66. The van der Waals surface area contributed by atoms with Crippen LogP contribution in [0.2, 0.25) is 0 Å². The first kappa shape index (κ1) is 24.9. The number of carbonyl (C=O) groups is 1. The van der Waals surface area contributed by atoms with Crippen molar-refractivity contribution in [3.05, 3.63) is 64.2 Å². The Kier molecular flexibility index (Phi) is 6.15. The number of aliphatic hydroxyl groups is 1. The minimum absolute atomic E-state index is 0.0939. The summed E-state index contributed by atoms with van der Waals surface area (Å²) in [5, 5.41) is 23.0. The Labute approximate surface area is 221 Å². The summed E-state index contributed by atoms with van der Waals surface area (Å²) < 4.78 is 0. The fourth-order valence-electron chi connectivity index (χ4n) is 7.85. The zero-order chi connectivity index (χ0) is 25.9. The van der Waals surface area contributed by atoms with E-state index < -0.39 is 11.0 Å². The van der Waals surface area contributed by atoms with E-state index in [1.54, 1.807) is 6.07 Å². The van der Waals surface area contributed by atoms with Crippen LogP contribution in [0, 0.1) is 19.8 Å². The number of aryl methyl sites for hydroxylation is 3. The van der Waals surface area contributed by atoms with Gasteiger partial charge in [-0.05, 0) is 118 Å².